The summed E-state index contributed by atoms with van der Waals surface area (Å²) in [6, 6.07) is 8.41. The van der Waals surface area contributed by atoms with Crippen LogP contribution in [0.1, 0.15) is 0 Å². The number of halogens is 1. The van der Waals surface area contributed by atoms with E-state index < -0.39 is 5.69 Å². The van der Waals surface area contributed by atoms with Crippen molar-refractivity contribution < 1.29 is 4.74 Å². The standard InChI is InChI=1S/C11H8BrN5O2/c12-6-3-7(13)5-8(4-6)19-10-2-1-9-14-15-11(18)17(9)16-10/h1-5H,13H2,(H,15,18). The maximum absolute atomic E-state index is 11.4. The predicted molar refractivity (Wildman–Crippen MR) is 72.2 cm³/mol. The van der Waals surface area contributed by atoms with Gasteiger partial charge in [-0.1, -0.05) is 15.9 Å². The minimum absolute atomic E-state index is 0.272. The summed E-state index contributed by atoms with van der Waals surface area (Å²) in [4.78, 5) is 11.4. The number of aromatic amines is 1. The van der Waals surface area contributed by atoms with Gasteiger partial charge in [0.1, 0.15) is 5.75 Å². The fraction of sp³-hybridized carbons (Fsp3) is 0. The average molecular weight is 322 g/mol. The number of nitrogens with two attached hydrogens (primary N) is 1. The summed E-state index contributed by atoms with van der Waals surface area (Å²) in [5, 5.41) is 10.1. The fourth-order valence-electron chi connectivity index (χ4n) is 1.60. The molecule has 8 heteroatoms. The van der Waals surface area contributed by atoms with Crippen LogP contribution < -0.4 is 16.2 Å². The topological polar surface area (TPSA) is 98.3 Å². The Hall–Kier alpha value is -2.35. The molecule has 0 radical (unpaired) electrons. The molecule has 0 saturated heterocycles. The maximum Gasteiger partial charge on any atom is 0.364 e. The zero-order valence-corrected chi connectivity index (χ0v) is 11.1. The molecule has 0 fully saturated rings. The lowest BCUT2D eigenvalue weighted by molar-refractivity contribution is 0.451. The van der Waals surface area contributed by atoms with Gasteiger partial charge in [-0.3, -0.25) is 0 Å². The fourth-order valence-corrected chi connectivity index (χ4v) is 2.09. The zero-order valence-electron chi connectivity index (χ0n) is 9.50. The number of hydrogen-bond donors (Lipinski definition) is 2. The van der Waals surface area contributed by atoms with E-state index in [1.54, 1.807) is 30.3 Å². The first-order valence-electron chi connectivity index (χ1n) is 5.30. The van der Waals surface area contributed by atoms with Gasteiger partial charge in [-0.15, -0.1) is 5.10 Å². The van der Waals surface area contributed by atoms with Crippen LogP contribution in [0, 0.1) is 0 Å². The SMILES string of the molecule is Nc1cc(Br)cc(Oc2ccc3n[nH]c(=O)n3n2)c1. The number of nitrogen functional groups attached to an aromatic ring is 1. The molecule has 1 aromatic carbocycles. The summed E-state index contributed by atoms with van der Waals surface area (Å²) in [6.45, 7) is 0. The molecule has 0 spiro atoms. The van der Waals surface area contributed by atoms with E-state index in [0.29, 0.717) is 17.1 Å². The van der Waals surface area contributed by atoms with E-state index >= 15 is 0 Å². The first kappa shape index (κ1) is 11.7. The number of nitrogens with zero attached hydrogens (tertiary/aromatic N) is 3. The Balaban J connectivity index is 2.00. The molecular formula is C11H8BrN5O2. The van der Waals surface area contributed by atoms with E-state index in [0.717, 1.165) is 8.99 Å². The van der Waals surface area contributed by atoms with Crippen molar-refractivity contribution in [2.75, 3.05) is 5.73 Å². The maximum atomic E-state index is 11.4. The molecule has 0 unspecified atom stereocenters. The molecule has 19 heavy (non-hydrogen) atoms. The van der Waals surface area contributed by atoms with Gasteiger partial charge in [0, 0.05) is 22.3 Å². The van der Waals surface area contributed by atoms with Crippen molar-refractivity contribution in [3.8, 4) is 11.6 Å². The van der Waals surface area contributed by atoms with Gasteiger partial charge in [-0.05, 0) is 18.2 Å². The van der Waals surface area contributed by atoms with Crippen molar-refractivity contribution in [2.45, 2.75) is 0 Å². The lowest BCUT2D eigenvalue weighted by Gasteiger charge is -2.06. The summed E-state index contributed by atoms with van der Waals surface area (Å²) < 4.78 is 7.47. The largest absolute Gasteiger partial charge is 0.437 e. The molecule has 0 saturated carbocycles. The van der Waals surface area contributed by atoms with E-state index in [2.05, 4.69) is 31.2 Å². The Kier molecular flexibility index (Phi) is 2.71. The number of hydrogen-bond acceptors (Lipinski definition) is 5. The Morgan fingerprint density at radius 2 is 2.16 bits per heavy atom. The van der Waals surface area contributed by atoms with Gasteiger partial charge in [0.25, 0.3) is 0 Å². The first-order chi connectivity index (χ1) is 9.11. The number of benzene rings is 1. The molecule has 0 aliphatic carbocycles. The normalized spacial score (nSPS) is 10.8. The van der Waals surface area contributed by atoms with Gasteiger partial charge in [0.05, 0.1) is 0 Å². The highest BCUT2D eigenvalue weighted by Gasteiger charge is 2.05. The summed E-state index contributed by atoms with van der Waals surface area (Å²) in [5.41, 5.74) is 6.27. The second-order valence-electron chi connectivity index (χ2n) is 3.79. The van der Waals surface area contributed by atoms with E-state index in [-0.39, 0.29) is 5.88 Å². The minimum Gasteiger partial charge on any atom is -0.437 e. The van der Waals surface area contributed by atoms with Gasteiger partial charge in [0.15, 0.2) is 5.65 Å². The van der Waals surface area contributed by atoms with Crippen molar-refractivity contribution >= 4 is 27.3 Å². The molecule has 0 atom stereocenters. The number of anilines is 1. The third kappa shape index (κ3) is 2.29. The smallest absolute Gasteiger partial charge is 0.364 e. The lowest BCUT2D eigenvalue weighted by Crippen LogP contribution is -2.12. The molecule has 96 valence electrons. The highest BCUT2D eigenvalue weighted by atomic mass is 79.9. The van der Waals surface area contributed by atoms with Gasteiger partial charge in [-0.2, -0.15) is 9.61 Å². The van der Waals surface area contributed by atoms with Gasteiger partial charge in [-0.25, -0.2) is 9.89 Å². The summed E-state index contributed by atoms with van der Waals surface area (Å²) in [6.07, 6.45) is 0. The molecule has 2 aromatic heterocycles. The quantitative estimate of drug-likeness (QED) is 0.698. The van der Waals surface area contributed by atoms with Crippen LogP contribution in [0.3, 0.4) is 0 Å². The van der Waals surface area contributed by atoms with Gasteiger partial charge in [0.2, 0.25) is 5.88 Å². The first-order valence-corrected chi connectivity index (χ1v) is 6.09. The second-order valence-corrected chi connectivity index (χ2v) is 4.71. The molecule has 3 rings (SSSR count). The number of H-pyrrole nitrogens is 1. The van der Waals surface area contributed by atoms with Crippen LogP contribution in [0.2, 0.25) is 0 Å². The highest BCUT2D eigenvalue weighted by molar-refractivity contribution is 9.10. The molecule has 0 aliphatic rings. The van der Waals surface area contributed by atoms with Crippen LogP contribution in [0.4, 0.5) is 5.69 Å². The molecule has 0 aliphatic heterocycles. The van der Waals surface area contributed by atoms with Crippen molar-refractivity contribution in [3.05, 3.63) is 45.3 Å². The van der Waals surface area contributed by atoms with Gasteiger partial charge < -0.3 is 10.5 Å². The number of nitrogens with one attached hydrogen (secondary N) is 1. The molecule has 0 amide bonds. The van der Waals surface area contributed by atoms with Crippen LogP contribution in [0.25, 0.3) is 5.65 Å². The second kappa shape index (κ2) is 4.39. The number of aromatic nitrogens is 4. The molecule has 7 nitrogen and oxygen atoms in total. The number of fused-ring (bicyclic) bond motifs is 1. The van der Waals surface area contributed by atoms with Crippen molar-refractivity contribution in [1.82, 2.24) is 19.8 Å². The summed E-state index contributed by atoms with van der Waals surface area (Å²) in [7, 11) is 0. The van der Waals surface area contributed by atoms with Crippen molar-refractivity contribution in [3.63, 3.8) is 0 Å². The van der Waals surface area contributed by atoms with Crippen LogP contribution in [0.5, 0.6) is 11.6 Å². The Morgan fingerprint density at radius 3 is 2.95 bits per heavy atom. The monoisotopic (exact) mass is 321 g/mol. The van der Waals surface area contributed by atoms with Crippen LogP contribution in [-0.4, -0.2) is 19.8 Å². The average Bonchev–Trinajstić information content (AvgIpc) is 2.70. The predicted octanol–water partition coefficient (Wildman–Crippen LogP) is 1.55. The molecule has 0 bridgehead atoms. The lowest BCUT2D eigenvalue weighted by atomic mass is 10.3. The number of ether oxygens (including phenoxy) is 1. The third-order valence-electron chi connectivity index (χ3n) is 2.37. The van der Waals surface area contributed by atoms with E-state index in [1.165, 1.54) is 0 Å². The molecule has 3 aromatic rings. The Bertz CT molecular complexity index is 790. The van der Waals surface area contributed by atoms with E-state index in [4.69, 9.17) is 10.5 Å². The van der Waals surface area contributed by atoms with Crippen molar-refractivity contribution in [1.29, 1.82) is 0 Å². The van der Waals surface area contributed by atoms with Gasteiger partial charge >= 0.3 is 5.69 Å². The summed E-state index contributed by atoms with van der Waals surface area (Å²) in [5.74, 6) is 0.795. The minimum atomic E-state index is -0.422. The van der Waals surface area contributed by atoms with Crippen LogP contribution >= 0.6 is 15.9 Å². The molecule has 2 heterocycles. The highest BCUT2D eigenvalue weighted by Crippen LogP contribution is 2.26. The Morgan fingerprint density at radius 1 is 1.32 bits per heavy atom. The van der Waals surface area contributed by atoms with Crippen molar-refractivity contribution in [2.24, 2.45) is 0 Å². The third-order valence-corrected chi connectivity index (χ3v) is 2.82. The summed E-state index contributed by atoms with van der Waals surface area (Å²) >= 11 is 3.32. The van der Waals surface area contributed by atoms with E-state index in [9.17, 15) is 4.79 Å². The molecule has 3 N–H and O–H groups in total. The number of rotatable bonds is 2. The molecular weight excluding hydrogens is 314 g/mol. The van der Waals surface area contributed by atoms with Crippen LogP contribution in [-0.2, 0) is 0 Å². The van der Waals surface area contributed by atoms with Crippen LogP contribution in [0.15, 0.2) is 39.6 Å². The zero-order chi connectivity index (χ0) is 13.4. The van der Waals surface area contributed by atoms with E-state index in [1.807, 2.05) is 0 Å². The Labute approximate surface area is 115 Å².